The van der Waals surface area contributed by atoms with Crippen molar-refractivity contribution in [2.45, 2.75) is 12.5 Å². The average Bonchev–Trinajstić information content (AvgIpc) is 2.82. The summed E-state index contributed by atoms with van der Waals surface area (Å²) in [7, 11) is 1.45. The standard InChI is InChI=1S/C13H14BrFN2OS/c1-18-12-3-2-8(4-10(12)15)5-11(17-16)13-6-9(14)7-19-13/h2-4,6-7,11,17H,5,16H2,1H3. The predicted molar refractivity (Wildman–Crippen MR) is 78.7 cm³/mol. The number of hydrogen-bond donors (Lipinski definition) is 2. The van der Waals surface area contributed by atoms with Gasteiger partial charge in [0.1, 0.15) is 0 Å². The molecule has 102 valence electrons. The summed E-state index contributed by atoms with van der Waals surface area (Å²) in [6, 6.07) is 6.92. The zero-order chi connectivity index (χ0) is 13.8. The Hall–Kier alpha value is -0.950. The maximum absolute atomic E-state index is 13.6. The van der Waals surface area contributed by atoms with E-state index in [4.69, 9.17) is 10.6 Å². The van der Waals surface area contributed by atoms with Crippen molar-refractivity contribution < 1.29 is 9.13 Å². The van der Waals surface area contributed by atoms with Gasteiger partial charge in [0, 0.05) is 14.7 Å². The monoisotopic (exact) mass is 344 g/mol. The van der Waals surface area contributed by atoms with Gasteiger partial charge in [0.25, 0.3) is 0 Å². The van der Waals surface area contributed by atoms with Crippen LogP contribution in [0, 0.1) is 5.82 Å². The predicted octanol–water partition coefficient (Wildman–Crippen LogP) is 3.41. The second kappa shape index (κ2) is 6.47. The Morgan fingerprint density at radius 2 is 2.26 bits per heavy atom. The van der Waals surface area contributed by atoms with Crippen LogP contribution in [0.1, 0.15) is 16.5 Å². The molecule has 1 unspecified atom stereocenters. The largest absolute Gasteiger partial charge is 0.494 e. The Balaban J connectivity index is 2.16. The SMILES string of the molecule is COc1ccc(CC(NN)c2cc(Br)cs2)cc1F. The van der Waals surface area contributed by atoms with E-state index in [1.54, 1.807) is 17.4 Å². The van der Waals surface area contributed by atoms with E-state index in [-0.39, 0.29) is 17.6 Å². The van der Waals surface area contributed by atoms with Gasteiger partial charge in [-0.1, -0.05) is 6.07 Å². The van der Waals surface area contributed by atoms with Crippen LogP contribution in [0.5, 0.6) is 5.75 Å². The Labute approximate surface area is 123 Å². The first-order valence-electron chi connectivity index (χ1n) is 5.66. The van der Waals surface area contributed by atoms with Crippen LogP contribution >= 0.6 is 27.3 Å². The molecule has 1 aromatic carbocycles. The Bertz CT molecular complexity index is 561. The van der Waals surface area contributed by atoms with Gasteiger partial charge < -0.3 is 4.74 Å². The molecule has 2 aromatic rings. The molecule has 1 aromatic heterocycles. The molecule has 1 atom stereocenters. The highest BCUT2D eigenvalue weighted by Gasteiger charge is 2.14. The van der Waals surface area contributed by atoms with Gasteiger partial charge in [-0.3, -0.25) is 11.3 Å². The number of thiophene rings is 1. The minimum Gasteiger partial charge on any atom is -0.494 e. The number of halogens is 2. The van der Waals surface area contributed by atoms with Gasteiger partial charge in [0.2, 0.25) is 0 Å². The molecule has 2 rings (SSSR count). The molecule has 6 heteroatoms. The molecule has 0 aliphatic carbocycles. The van der Waals surface area contributed by atoms with Crippen molar-refractivity contribution in [2.24, 2.45) is 5.84 Å². The number of hydrogen-bond acceptors (Lipinski definition) is 4. The second-order valence-electron chi connectivity index (χ2n) is 4.06. The molecule has 1 heterocycles. The summed E-state index contributed by atoms with van der Waals surface area (Å²) in [5, 5.41) is 1.99. The molecule has 3 nitrogen and oxygen atoms in total. The lowest BCUT2D eigenvalue weighted by molar-refractivity contribution is 0.386. The Morgan fingerprint density at radius 1 is 1.47 bits per heavy atom. The Morgan fingerprint density at radius 3 is 2.79 bits per heavy atom. The molecular weight excluding hydrogens is 331 g/mol. The van der Waals surface area contributed by atoms with E-state index in [9.17, 15) is 4.39 Å². The fourth-order valence-electron chi connectivity index (χ4n) is 1.83. The van der Waals surface area contributed by atoms with Crippen molar-refractivity contribution >= 4 is 27.3 Å². The van der Waals surface area contributed by atoms with Gasteiger partial charge in [-0.05, 0) is 46.1 Å². The van der Waals surface area contributed by atoms with Crippen molar-refractivity contribution in [1.82, 2.24) is 5.43 Å². The van der Waals surface area contributed by atoms with Crippen molar-refractivity contribution in [3.63, 3.8) is 0 Å². The summed E-state index contributed by atoms with van der Waals surface area (Å²) >= 11 is 5.02. The van der Waals surface area contributed by atoms with Crippen LogP contribution in [-0.2, 0) is 6.42 Å². The number of hydrazine groups is 1. The lowest BCUT2D eigenvalue weighted by atomic mass is 10.0. The zero-order valence-electron chi connectivity index (χ0n) is 10.3. The van der Waals surface area contributed by atoms with Crippen molar-refractivity contribution in [3.8, 4) is 5.75 Å². The van der Waals surface area contributed by atoms with Crippen molar-refractivity contribution in [3.05, 3.63) is 50.4 Å². The van der Waals surface area contributed by atoms with Gasteiger partial charge >= 0.3 is 0 Å². The van der Waals surface area contributed by atoms with Crippen LogP contribution in [0.3, 0.4) is 0 Å². The summed E-state index contributed by atoms with van der Waals surface area (Å²) in [6.45, 7) is 0. The molecule has 0 spiro atoms. The highest BCUT2D eigenvalue weighted by Crippen LogP contribution is 2.28. The first-order chi connectivity index (χ1) is 9.13. The fourth-order valence-corrected chi connectivity index (χ4v) is 3.33. The van der Waals surface area contributed by atoms with Crippen LogP contribution in [0.2, 0.25) is 0 Å². The zero-order valence-corrected chi connectivity index (χ0v) is 12.7. The minimum absolute atomic E-state index is 0.0379. The van der Waals surface area contributed by atoms with Crippen LogP contribution < -0.4 is 16.0 Å². The third-order valence-electron chi connectivity index (χ3n) is 2.79. The van der Waals surface area contributed by atoms with Crippen LogP contribution in [0.15, 0.2) is 34.1 Å². The lowest BCUT2D eigenvalue weighted by Gasteiger charge is -2.14. The van der Waals surface area contributed by atoms with Gasteiger partial charge in [0.05, 0.1) is 13.2 Å². The molecule has 0 radical (unpaired) electrons. The van der Waals surface area contributed by atoms with E-state index in [1.807, 2.05) is 17.5 Å². The summed E-state index contributed by atoms with van der Waals surface area (Å²) < 4.78 is 19.6. The minimum atomic E-state index is -0.358. The van der Waals surface area contributed by atoms with Crippen molar-refractivity contribution in [1.29, 1.82) is 0 Å². The summed E-state index contributed by atoms with van der Waals surface area (Å²) in [6.07, 6.45) is 0.615. The summed E-state index contributed by atoms with van der Waals surface area (Å²) in [4.78, 5) is 1.10. The maximum atomic E-state index is 13.6. The average molecular weight is 345 g/mol. The number of nitrogens with two attached hydrogens (primary N) is 1. The van der Waals surface area contributed by atoms with Gasteiger partial charge in [-0.25, -0.2) is 4.39 Å². The molecule has 0 fully saturated rings. The van der Waals surface area contributed by atoms with E-state index in [1.165, 1.54) is 13.2 Å². The van der Waals surface area contributed by atoms with Gasteiger partial charge in [-0.15, -0.1) is 11.3 Å². The number of ether oxygens (including phenoxy) is 1. The number of benzene rings is 1. The molecule has 3 N–H and O–H groups in total. The van der Waals surface area contributed by atoms with E-state index in [0.717, 1.165) is 14.9 Å². The number of methoxy groups -OCH3 is 1. The third-order valence-corrected chi connectivity index (χ3v) is 4.60. The topological polar surface area (TPSA) is 47.3 Å². The number of rotatable bonds is 5. The molecule has 0 bridgehead atoms. The molecule has 0 amide bonds. The molecule has 19 heavy (non-hydrogen) atoms. The first-order valence-corrected chi connectivity index (χ1v) is 7.33. The Kier molecular flexibility index (Phi) is 4.93. The molecular formula is C13H14BrFN2OS. The maximum Gasteiger partial charge on any atom is 0.165 e. The van der Waals surface area contributed by atoms with Gasteiger partial charge in [0.15, 0.2) is 11.6 Å². The summed E-state index contributed by atoms with van der Waals surface area (Å²) in [5.74, 6) is 5.47. The normalized spacial score (nSPS) is 12.4. The second-order valence-corrected chi connectivity index (χ2v) is 5.92. The summed E-state index contributed by atoms with van der Waals surface area (Å²) in [5.41, 5.74) is 3.63. The third kappa shape index (κ3) is 3.54. The van der Waals surface area contributed by atoms with Crippen LogP contribution in [-0.4, -0.2) is 7.11 Å². The molecule has 0 saturated carbocycles. The molecule has 0 aliphatic heterocycles. The van der Waals surface area contributed by atoms with E-state index < -0.39 is 0 Å². The highest BCUT2D eigenvalue weighted by atomic mass is 79.9. The molecule has 0 aliphatic rings. The fraction of sp³-hybridized carbons (Fsp3) is 0.231. The van der Waals surface area contributed by atoms with Gasteiger partial charge in [-0.2, -0.15) is 0 Å². The first kappa shape index (κ1) is 14.5. The van der Waals surface area contributed by atoms with E-state index >= 15 is 0 Å². The van der Waals surface area contributed by atoms with Crippen LogP contribution in [0.4, 0.5) is 4.39 Å². The number of nitrogens with one attached hydrogen (secondary N) is 1. The molecule has 0 saturated heterocycles. The quantitative estimate of drug-likeness (QED) is 0.645. The van der Waals surface area contributed by atoms with Crippen molar-refractivity contribution in [2.75, 3.05) is 7.11 Å². The lowest BCUT2D eigenvalue weighted by Crippen LogP contribution is -2.28. The van der Waals surface area contributed by atoms with E-state index in [2.05, 4.69) is 21.4 Å². The van der Waals surface area contributed by atoms with Crippen LogP contribution in [0.25, 0.3) is 0 Å². The highest BCUT2D eigenvalue weighted by molar-refractivity contribution is 9.10. The smallest absolute Gasteiger partial charge is 0.165 e. The van der Waals surface area contributed by atoms with E-state index in [0.29, 0.717) is 6.42 Å².